The number of benzene rings is 1. The highest BCUT2D eigenvalue weighted by Gasteiger charge is 2.32. The summed E-state index contributed by atoms with van der Waals surface area (Å²) in [5, 5.41) is 2.85. The molecule has 4 nitrogen and oxygen atoms in total. The maximum absolute atomic E-state index is 12.4. The number of anilines is 2. The molecule has 0 spiro atoms. The first-order chi connectivity index (χ1) is 9.32. The number of carbonyl (C=O) groups excluding carboxylic acids is 2. The Morgan fingerprint density at radius 2 is 2.00 bits per heavy atom. The molecule has 0 saturated carbocycles. The molecule has 0 aromatic heterocycles. The van der Waals surface area contributed by atoms with Gasteiger partial charge in [0.25, 0.3) is 0 Å². The largest absolute Gasteiger partial charge is 0.326 e. The van der Waals surface area contributed by atoms with E-state index in [1.54, 1.807) is 0 Å². The molecule has 2 rings (SSSR count). The molecule has 1 aliphatic heterocycles. The molecule has 0 saturated heterocycles. The van der Waals surface area contributed by atoms with Gasteiger partial charge in [-0.05, 0) is 30.2 Å². The fourth-order valence-electron chi connectivity index (χ4n) is 2.34. The van der Waals surface area contributed by atoms with Crippen molar-refractivity contribution in [3.8, 4) is 0 Å². The Hall–Kier alpha value is -1.84. The molecule has 20 heavy (non-hydrogen) atoms. The van der Waals surface area contributed by atoms with E-state index in [2.05, 4.69) is 5.32 Å². The standard InChI is InChI=1S/C16H22N2O2/c1-5-14(19)17-12-6-7-13-11(10-12)8-9-18(13)15(20)16(2,3)4/h6-7,10H,5,8-9H2,1-4H3,(H,17,19). The van der Waals surface area contributed by atoms with Crippen LogP contribution in [0.15, 0.2) is 18.2 Å². The highest BCUT2D eigenvalue weighted by atomic mass is 16.2. The van der Waals surface area contributed by atoms with E-state index < -0.39 is 0 Å². The average molecular weight is 274 g/mol. The first kappa shape index (κ1) is 14.6. The van der Waals surface area contributed by atoms with Crippen molar-refractivity contribution in [1.82, 2.24) is 0 Å². The summed E-state index contributed by atoms with van der Waals surface area (Å²) in [6.07, 6.45) is 1.30. The smallest absolute Gasteiger partial charge is 0.232 e. The molecule has 1 aromatic carbocycles. The van der Waals surface area contributed by atoms with Crippen molar-refractivity contribution in [1.29, 1.82) is 0 Å². The van der Waals surface area contributed by atoms with Crippen LogP contribution in [0, 0.1) is 5.41 Å². The van der Waals surface area contributed by atoms with Gasteiger partial charge in [-0.1, -0.05) is 27.7 Å². The minimum atomic E-state index is -0.378. The van der Waals surface area contributed by atoms with Gasteiger partial charge >= 0.3 is 0 Å². The third kappa shape index (κ3) is 2.84. The van der Waals surface area contributed by atoms with Gasteiger partial charge in [0.05, 0.1) is 0 Å². The zero-order valence-corrected chi connectivity index (χ0v) is 12.6. The maximum Gasteiger partial charge on any atom is 0.232 e. The van der Waals surface area contributed by atoms with Gasteiger partial charge in [0, 0.05) is 29.8 Å². The van der Waals surface area contributed by atoms with E-state index in [1.165, 1.54) is 0 Å². The Kier molecular flexibility index (Phi) is 3.84. The van der Waals surface area contributed by atoms with Gasteiger partial charge < -0.3 is 10.2 Å². The minimum Gasteiger partial charge on any atom is -0.326 e. The van der Waals surface area contributed by atoms with Crippen molar-refractivity contribution >= 4 is 23.2 Å². The van der Waals surface area contributed by atoms with Gasteiger partial charge in [-0.2, -0.15) is 0 Å². The lowest BCUT2D eigenvalue weighted by molar-refractivity contribution is -0.125. The summed E-state index contributed by atoms with van der Waals surface area (Å²) in [6.45, 7) is 8.35. The topological polar surface area (TPSA) is 49.4 Å². The molecule has 2 amide bonds. The van der Waals surface area contributed by atoms with Crippen molar-refractivity contribution in [3.63, 3.8) is 0 Å². The van der Waals surface area contributed by atoms with E-state index in [0.717, 1.165) is 29.9 Å². The van der Waals surface area contributed by atoms with Crippen molar-refractivity contribution in [2.75, 3.05) is 16.8 Å². The summed E-state index contributed by atoms with van der Waals surface area (Å²) in [5.41, 5.74) is 2.52. The Balaban J connectivity index is 2.23. The number of hydrogen-bond acceptors (Lipinski definition) is 2. The average Bonchev–Trinajstić information content (AvgIpc) is 2.79. The first-order valence-corrected chi connectivity index (χ1v) is 7.07. The monoisotopic (exact) mass is 274 g/mol. The fraction of sp³-hybridized carbons (Fsp3) is 0.500. The lowest BCUT2D eigenvalue weighted by Gasteiger charge is -2.26. The minimum absolute atomic E-state index is 0.00516. The van der Waals surface area contributed by atoms with Gasteiger partial charge in [-0.15, -0.1) is 0 Å². The van der Waals surface area contributed by atoms with Crippen LogP contribution < -0.4 is 10.2 Å². The number of rotatable bonds is 2. The summed E-state index contributed by atoms with van der Waals surface area (Å²) >= 11 is 0. The Morgan fingerprint density at radius 1 is 1.30 bits per heavy atom. The Morgan fingerprint density at radius 3 is 2.60 bits per heavy atom. The second-order valence-electron chi connectivity index (χ2n) is 6.20. The van der Waals surface area contributed by atoms with Crippen molar-refractivity contribution in [2.45, 2.75) is 40.5 Å². The number of fused-ring (bicyclic) bond motifs is 1. The molecule has 0 atom stereocenters. The van der Waals surface area contributed by atoms with Gasteiger partial charge in [0.1, 0.15) is 0 Å². The van der Waals surface area contributed by atoms with Gasteiger partial charge in [-0.3, -0.25) is 9.59 Å². The molecule has 0 aliphatic carbocycles. The quantitative estimate of drug-likeness (QED) is 0.901. The van der Waals surface area contributed by atoms with Crippen LogP contribution in [0.1, 0.15) is 39.7 Å². The molecule has 0 fully saturated rings. The van der Waals surface area contributed by atoms with E-state index in [9.17, 15) is 9.59 Å². The third-order valence-corrected chi connectivity index (χ3v) is 3.47. The van der Waals surface area contributed by atoms with E-state index in [-0.39, 0.29) is 17.2 Å². The molecule has 108 valence electrons. The van der Waals surface area contributed by atoms with Crippen molar-refractivity contribution in [2.24, 2.45) is 5.41 Å². The fourth-order valence-corrected chi connectivity index (χ4v) is 2.34. The number of carbonyl (C=O) groups is 2. The van der Waals surface area contributed by atoms with Crippen molar-refractivity contribution < 1.29 is 9.59 Å². The van der Waals surface area contributed by atoms with Crippen molar-refractivity contribution in [3.05, 3.63) is 23.8 Å². The third-order valence-electron chi connectivity index (χ3n) is 3.47. The summed E-state index contributed by atoms with van der Waals surface area (Å²) in [4.78, 5) is 25.7. The highest BCUT2D eigenvalue weighted by molar-refractivity contribution is 5.99. The summed E-state index contributed by atoms with van der Waals surface area (Å²) in [7, 11) is 0. The van der Waals surface area contributed by atoms with E-state index in [0.29, 0.717) is 6.42 Å². The second kappa shape index (κ2) is 5.27. The predicted molar refractivity (Wildman–Crippen MR) is 80.9 cm³/mol. The van der Waals surface area contributed by atoms with Gasteiger partial charge in [0.2, 0.25) is 11.8 Å². The molecule has 4 heteroatoms. The molecular formula is C16H22N2O2. The Bertz CT molecular complexity index is 544. The van der Waals surface area contributed by atoms with Crippen LogP contribution in [0.25, 0.3) is 0 Å². The van der Waals surface area contributed by atoms with E-state index in [4.69, 9.17) is 0 Å². The van der Waals surface area contributed by atoms with E-state index in [1.807, 2.05) is 50.8 Å². The predicted octanol–water partition coefficient (Wildman–Crippen LogP) is 2.97. The highest BCUT2D eigenvalue weighted by Crippen LogP contribution is 2.33. The lowest BCUT2D eigenvalue weighted by atomic mass is 9.94. The van der Waals surface area contributed by atoms with Crippen LogP contribution >= 0.6 is 0 Å². The Labute approximate surface area is 120 Å². The van der Waals surface area contributed by atoms with Gasteiger partial charge in [-0.25, -0.2) is 0 Å². The molecule has 1 N–H and O–H groups in total. The van der Waals surface area contributed by atoms with Crippen LogP contribution in [0.2, 0.25) is 0 Å². The first-order valence-electron chi connectivity index (χ1n) is 7.07. The number of nitrogens with zero attached hydrogens (tertiary/aromatic N) is 1. The molecular weight excluding hydrogens is 252 g/mol. The van der Waals surface area contributed by atoms with Crippen LogP contribution in [0.4, 0.5) is 11.4 Å². The van der Waals surface area contributed by atoms with Crippen LogP contribution in [-0.2, 0) is 16.0 Å². The number of amides is 2. The zero-order chi connectivity index (χ0) is 14.9. The molecule has 1 aliphatic rings. The second-order valence-corrected chi connectivity index (χ2v) is 6.20. The molecule has 1 aromatic rings. The summed E-state index contributed by atoms with van der Waals surface area (Å²) in [6, 6.07) is 5.76. The summed E-state index contributed by atoms with van der Waals surface area (Å²) in [5.74, 6) is 0.146. The zero-order valence-electron chi connectivity index (χ0n) is 12.6. The number of nitrogens with one attached hydrogen (secondary N) is 1. The van der Waals surface area contributed by atoms with Gasteiger partial charge in [0.15, 0.2) is 0 Å². The molecule has 0 unspecified atom stereocenters. The molecule has 0 radical (unpaired) electrons. The molecule has 1 heterocycles. The van der Waals surface area contributed by atoms with E-state index >= 15 is 0 Å². The van der Waals surface area contributed by atoms with Crippen LogP contribution in [0.5, 0.6) is 0 Å². The number of hydrogen-bond donors (Lipinski definition) is 1. The van der Waals surface area contributed by atoms with Crippen LogP contribution in [0.3, 0.4) is 0 Å². The lowest BCUT2D eigenvalue weighted by Crippen LogP contribution is -2.38. The van der Waals surface area contributed by atoms with Crippen LogP contribution in [-0.4, -0.2) is 18.4 Å². The normalized spacial score (nSPS) is 14.1. The molecule has 0 bridgehead atoms. The maximum atomic E-state index is 12.4. The summed E-state index contributed by atoms with van der Waals surface area (Å²) < 4.78 is 0. The SMILES string of the molecule is CCC(=O)Nc1ccc2c(c1)CCN2C(=O)C(C)(C)C.